The largest absolute Gasteiger partial charge is 0.381 e. The first-order chi connectivity index (χ1) is 20.9. The van der Waals surface area contributed by atoms with E-state index < -0.39 is 5.91 Å². The van der Waals surface area contributed by atoms with Crippen molar-refractivity contribution in [2.45, 2.75) is 37.8 Å². The second-order valence-corrected chi connectivity index (χ2v) is 12.2. The molecule has 3 fully saturated rings. The van der Waals surface area contributed by atoms with Crippen molar-refractivity contribution < 1.29 is 9.53 Å². The molecule has 4 heterocycles. The van der Waals surface area contributed by atoms with Crippen LogP contribution >= 0.6 is 11.6 Å². The summed E-state index contributed by atoms with van der Waals surface area (Å²) >= 11 is 6.30. The number of hydrogen-bond acceptors (Lipinski definition) is 9. The fourth-order valence-corrected chi connectivity index (χ4v) is 6.43. The van der Waals surface area contributed by atoms with Gasteiger partial charge in [-0.3, -0.25) is 9.69 Å². The van der Waals surface area contributed by atoms with Crippen molar-refractivity contribution in [1.29, 1.82) is 0 Å². The van der Waals surface area contributed by atoms with Gasteiger partial charge in [0.1, 0.15) is 5.69 Å². The Kier molecular flexibility index (Phi) is 9.28. The maximum Gasteiger partial charge on any atom is 0.271 e. The van der Waals surface area contributed by atoms with E-state index in [9.17, 15) is 4.79 Å². The van der Waals surface area contributed by atoms with E-state index in [0.29, 0.717) is 41.6 Å². The summed E-state index contributed by atoms with van der Waals surface area (Å²) in [7, 11) is 2.21. The molecule has 4 N–H and O–H groups in total. The van der Waals surface area contributed by atoms with Gasteiger partial charge in [-0.25, -0.2) is 9.97 Å². The summed E-state index contributed by atoms with van der Waals surface area (Å²) in [5.74, 6) is 0.228. The van der Waals surface area contributed by atoms with Crippen LogP contribution in [0.4, 0.5) is 23.0 Å². The van der Waals surface area contributed by atoms with Gasteiger partial charge >= 0.3 is 0 Å². The first-order valence-electron chi connectivity index (χ1n) is 15.3. The molecular weight excluding hydrogens is 564 g/mol. The van der Waals surface area contributed by atoms with Crippen molar-refractivity contribution in [3.8, 4) is 11.3 Å². The molecule has 1 aromatic heterocycles. The monoisotopic (exact) mass is 604 g/mol. The molecule has 0 atom stereocenters. The lowest BCUT2D eigenvalue weighted by molar-refractivity contribution is 0.0904. The van der Waals surface area contributed by atoms with Crippen LogP contribution in [0, 0.1) is 0 Å². The van der Waals surface area contributed by atoms with Crippen molar-refractivity contribution in [3.63, 3.8) is 0 Å². The van der Waals surface area contributed by atoms with Crippen LogP contribution in [0.5, 0.6) is 0 Å². The predicted octanol–water partition coefficient (Wildman–Crippen LogP) is 4.45. The van der Waals surface area contributed by atoms with Crippen LogP contribution in [0.15, 0.2) is 48.5 Å². The molecule has 3 saturated heterocycles. The molecule has 0 aliphatic carbocycles. The van der Waals surface area contributed by atoms with E-state index in [1.165, 1.54) is 31.6 Å². The highest BCUT2D eigenvalue weighted by molar-refractivity contribution is 6.30. The number of benzene rings is 2. The standard InChI is InChI=1S/C32H41ClN8O2/c1-39-15-17-41(18-16-39)27-9-13-40(14-10-27)26-7-5-24(6-8-26)35-32-29(30(34)42)37-28(22-3-2-4-23(33)21-22)31(38-32)36-25-11-19-43-20-12-25/h2-8,21,25,27H,9-20H2,1H3,(H2,34,42)(H2,35,36,38). The number of halogens is 1. The number of carbonyl (C=O) groups excluding carboxylic acids is 1. The quantitative estimate of drug-likeness (QED) is 0.343. The van der Waals surface area contributed by atoms with E-state index in [-0.39, 0.29) is 11.7 Å². The maximum atomic E-state index is 12.6. The molecule has 0 radical (unpaired) electrons. The molecule has 43 heavy (non-hydrogen) atoms. The summed E-state index contributed by atoms with van der Waals surface area (Å²) in [6.07, 6.45) is 4.07. The number of aromatic nitrogens is 2. The van der Waals surface area contributed by atoms with E-state index in [2.05, 4.69) is 44.5 Å². The molecule has 6 rings (SSSR count). The molecule has 0 spiro atoms. The van der Waals surface area contributed by atoms with Crippen LogP contribution in [-0.4, -0.2) is 97.3 Å². The van der Waals surface area contributed by atoms with Gasteiger partial charge in [-0.1, -0.05) is 23.7 Å². The number of amides is 1. The zero-order valence-corrected chi connectivity index (χ0v) is 25.5. The lowest BCUT2D eigenvalue weighted by atomic mass is 10.0. The molecule has 3 aliphatic rings. The third kappa shape index (κ3) is 7.21. The van der Waals surface area contributed by atoms with Crippen molar-refractivity contribution in [2.24, 2.45) is 5.73 Å². The van der Waals surface area contributed by atoms with Gasteiger partial charge in [0.05, 0.1) is 0 Å². The number of nitrogens with two attached hydrogens (primary N) is 1. The van der Waals surface area contributed by atoms with Gasteiger partial charge in [0.25, 0.3) is 5.91 Å². The minimum Gasteiger partial charge on any atom is -0.381 e. The second kappa shape index (κ2) is 13.5. The lowest BCUT2D eigenvalue weighted by Crippen LogP contribution is -2.52. The molecule has 3 aliphatic heterocycles. The van der Waals surface area contributed by atoms with Crippen LogP contribution in [0.1, 0.15) is 36.2 Å². The van der Waals surface area contributed by atoms with Crippen molar-refractivity contribution in [3.05, 3.63) is 59.2 Å². The number of piperidine rings is 1. The summed E-state index contributed by atoms with van der Waals surface area (Å²) in [5.41, 5.74) is 9.18. The number of piperazine rings is 1. The van der Waals surface area contributed by atoms with Gasteiger partial charge < -0.3 is 30.9 Å². The average Bonchev–Trinajstić information content (AvgIpc) is 3.02. The first kappa shape index (κ1) is 29.6. The Hall–Kier alpha value is -3.44. The van der Waals surface area contributed by atoms with Crippen LogP contribution in [0.3, 0.4) is 0 Å². The van der Waals surface area contributed by atoms with Crippen LogP contribution < -0.4 is 21.3 Å². The Morgan fingerprint density at radius 1 is 0.930 bits per heavy atom. The van der Waals surface area contributed by atoms with Crippen LogP contribution in [0.2, 0.25) is 5.02 Å². The topological polar surface area (TPSA) is 112 Å². The van der Waals surface area contributed by atoms with Gasteiger partial charge in [0.15, 0.2) is 17.3 Å². The third-order valence-corrected chi connectivity index (χ3v) is 9.04. The van der Waals surface area contributed by atoms with E-state index in [1.54, 1.807) is 6.07 Å². The molecule has 0 bridgehead atoms. The van der Waals surface area contributed by atoms with Crippen molar-refractivity contribution >= 4 is 40.5 Å². The molecular formula is C32H41ClN8O2. The Morgan fingerprint density at radius 2 is 1.65 bits per heavy atom. The summed E-state index contributed by atoms with van der Waals surface area (Å²) in [6, 6.07) is 16.5. The molecule has 10 nitrogen and oxygen atoms in total. The number of rotatable bonds is 8. The maximum absolute atomic E-state index is 12.6. The number of likely N-dealkylation sites (N-methyl/N-ethyl adjacent to an activating group) is 1. The van der Waals surface area contributed by atoms with Crippen LogP contribution in [0.25, 0.3) is 11.3 Å². The van der Waals surface area contributed by atoms with E-state index in [4.69, 9.17) is 32.0 Å². The number of primary amides is 1. The number of nitrogens with zero attached hydrogens (tertiary/aromatic N) is 5. The first-order valence-corrected chi connectivity index (χ1v) is 15.7. The Bertz CT molecular complexity index is 1400. The molecule has 0 unspecified atom stereocenters. The van der Waals surface area contributed by atoms with Gasteiger partial charge in [0, 0.05) is 86.5 Å². The fourth-order valence-electron chi connectivity index (χ4n) is 6.24. The second-order valence-electron chi connectivity index (χ2n) is 11.8. The average molecular weight is 605 g/mol. The highest BCUT2D eigenvalue weighted by Crippen LogP contribution is 2.32. The summed E-state index contributed by atoms with van der Waals surface area (Å²) in [5, 5.41) is 7.42. The summed E-state index contributed by atoms with van der Waals surface area (Å²) in [6.45, 7) is 8.12. The summed E-state index contributed by atoms with van der Waals surface area (Å²) in [4.78, 5) is 29.7. The Labute approximate surface area is 258 Å². The molecule has 228 valence electrons. The number of anilines is 4. The molecule has 0 saturated carbocycles. The molecule has 3 aromatic rings. The minimum absolute atomic E-state index is 0.0718. The Morgan fingerprint density at radius 3 is 2.33 bits per heavy atom. The number of ether oxygens (including phenoxy) is 1. The number of carbonyl (C=O) groups is 1. The van der Waals surface area contributed by atoms with E-state index >= 15 is 0 Å². The molecule has 11 heteroatoms. The van der Waals surface area contributed by atoms with Crippen molar-refractivity contribution in [1.82, 2.24) is 19.8 Å². The third-order valence-electron chi connectivity index (χ3n) is 8.80. The predicted molar refractivity (Wildman–Crippen MR) is 172 cm³/mol. The zero-order chi connectivity index (χ0) is 29.8. The normalized spacial score (nSPS) is 19.3. The van der Waals surface area contributed by atoms with Gasteiger partial charge in [0.2, 0.25) is 0 Å². The molecule has 1 amide bonds. The van der Waals surface area contributed by atoms with Gasteiger partial charge in [-0.05, 0) is 69.1 Å². The zero-order valence-electron chi connectivity index (χ0n) is 24.8. The smallest absolute Gasteiger partial charge is 0.271 e. The fraction of sp³-hybridized carbons (Fsp3) is 0.469. The highest BCUT2D eigenvalue weighted by atomic mass is 35.5. The SMILES string of the molecule is CN1CCN(C2CCN(c3ccc(Nc4nc(NC5CCOCC5)c(-c5cccc(Cl)c5)nc4C(N)=O)cc3)CC2)CC1. The van der Waals surface area contributed by atoms with Crippen molar-refractivity contribution in [2.75, 3.05) is 75.1 Å². The van der Waals surface area contributed by atoms with E-state index in [0.717, 1.165) is 50.3 Å². The van der Waals surface area contributed by atoms with Gasteiger partial charge in [-0.15, -0.1) is 0 Å². The number of nitrogens with one attached hydrogen (secondary N) is 2. The lowest BCUT2D eigenvalue weighted by Gasteiger charge is -2.42. The van der Waals surface area contributed by atoms with E-state index in [1.807, 2.05) is 30.3 Å². The minimum atomic E-state index is -0.657. The van der Waals surface area contributed by atoms with Gasteiger partial charge in [-0.2, -0.15) is 0 Å². The highest BCUT2D eigenvalue weighted by Gasteiger charge is 2.27. The summed E-state index contributed by atoms with van der Waals surface area (Å²) < 4.78 is 5.54. The number of hydrogen-bond donors (Lipinski definition) is 3. The van der Waals surface area contributed by atoms with Crippen LogP contribution in [-0.2, 0) is 4.74 Å². The molecule has 2 aromatic carbocycles. The Balaban J connectivity index is 1.19.